The molecule has 3 heteroatoms. The van der Waals surface area contributed by atoms with Crippen molar-refractivity contribution in [3.8, 4) is 17.6 Å². The van der Waals surface area contributed by atoms with Gasteiger partial charge in [-0.3, -0.25) is 0 Å². The van der Waals surface area contributed by atoms with Crippen LogP contribution >= 0.6 is 0 Å². The Labute approximate surface area is 71.6 Å². The second-order valence-electron chi connectivity index (χ2n) is 2.06. The third kappa shape index (κ3) is 1.97. The molecule has 0 bridgehead atoms. The minimum absolute atomic E-state index is 0.333. The Morgan fingerprint density at radius 1 is 1.67 bits per heavy atom. The molecule has 0 fully saturated rings. The second kappa shape index (κ2) is 4.37. The van der Waals surface area contributed by atoms with E-state index in [1.54, 1.807) is 19.4 Å². The lowest BCUT2D eigenvalue weighted by atomic mass is 10.3. The molecule has 3 nitrogen and oxygen atoms in total. The third-order valence-corrected chi connectivity index (χ3v) is 1.30. The lowest BCUT2D eigenvalue weighted by Crippen LogP contribution is -1.95. The number of pyridine rings is 1. The molecule has 0 spiro atoms. The van der Waals surface area contributed by atoms with Crippen molar-refractivity contribution < 1.29 is 4.74 Å². The number of hydrogen-bond donors (Lipinski definition) is 1. The van der Waals surface area contributed by atoms with Crippen molar-refractivity contribution in [1.82, 2.24) is 4.98 Å². The average molecular weight is 162 g/mol. The Kier molecular flexibility index (Phi) is 3.12. The molecule has 12 heavy (non-hydrogen) atoms. The van der Waals surface area contributed by atoms with Gasteiger partial charge in [-0.1, -0.05) is 5.92 Å². The number of rotatable bonds is 1. The quantitative estimate of drug-likeness (QED) is 0.608. The smallest absolute Gasteiger partial charge is 0.155 e. The first-order valence-electron chi connectivity index (χ1n) is 3.56. The Hall–Kier alpha value is -1.53. The molecule has 62 valence electrons. The molecule has 0 atom stereocenters. The summed E-state index contributed by atoms with van der Waals surface area (Å²) in [7, 11) is 1.59. The van der Waals surface area contributed by atoms with Gasteiger partial charge in [0.05, 0.1) is 13.7 Å². The summed E-state index contributed by atoms with van der Waals surface area (Å²) in [6.07, 6.45) is 1.67. The zero-order valence-electron chi connectivity index (χ0n) is 6.87. The van der Waals surface area contributed by atoms with Crippen LogP contribution < -0.4 is 10.5 Å². The normalized spacial score (nSPS) is 8.50. The van der Waals surface area contributed by atoms with Gasteiger partial charge in [0.25, 0.3) is 0 Å². The first-order valence-corrected chi connectivity index (χ1v) is 3.56. The maximum atomic E-state index is 5.23. The molecule has 0 saturated carbocycles. The number of ether oxygens (including phenoxy) is 1. The van der Waals surface area contributed by atoms with Gasteiger partial charge in [-0.25, -0.2) is 4.98 Å². The Morgan fingerprint density at radius 3 is 3.17 bits per heavy atom. The lowest BCUT2D eigenvalue weighted by Gasteiger charge is -1.99. The molecule has 1 aromatic heterocycles. The van der Waals surface area contributed by atoms with E-state index in [1.807, 2.05) is 6.07 Å². The molecule has 1 heterocycles. The van der Waals surface area contributed by atoms with Gasteiger partial charge in [0.2, 0.25) is 0 Å². The van der Waals surface area contributed by atoms with Crippen LogP contribution in [-0.2, 0) is 0 Å². The number of nitrogens with two attached hydrogens (primary N) is 1. The zero-order chi connectivity index (χ0) is 8.81. The lowest BCUT2D eigenvalue weighted by molar-refractivity contribution is 0.411. The fourth-order valence-corrected chi connectivity index (χ4v) is 0.784. The summed E-state index contributed by atoms with van der Waals surface area (Å²) in [6, 6.07) is 3.61. The molecule has 2 N–H and O–H groups in total. The summed E-state index contributed by atoms with van der Waals surface area (Å²) in [5.74, 6) is 6.21. The zero-order valence-corrected chi connectivity index (χ0v) is 6.87. The minimum atomic E-state index is 0.333. The van der Waals surface area contributed by atoms with E-state index in [2.05, 4.69) is 16.8 Å². The number of methoxy groups -OCH3 is 1. The topological polar surface area (TPSA) is 48.1 Å². The van der Waals surface area contributed by atoms with Gasteiger partial charge in [0, 0.05) is 6.20 Å². The van der Waals surface area contributed by atoms with Crippen molar-refractivity contribution in [3.63, 3.8) is 0 Å². The van der Waals surface area contributed by atoms with Crippen molar-refractivity contribution in [1.29, 1.82) is 0 Å². The first-order chi connectivity index (χ1) is 5.88. The van der Waals surface area contributed by atoms with Crippen LogP contribution in [0.25, 0.3) is 0 Å². The molecule has 0 amide bonds. The molecule has 0 aromatic carbocycles. The second-order valence-corrected chi connectivity index (χ2v) is 2.06. The van der Waals surface area contributed by atoms with Gasteiger partial charge in [0.1, 0.15) is 0 Å². The predicted molar refractivity (Wildman–Crippen MR) is 46.7 cm³/mol. The Morgan fingerprint density at radius 2 is 2.50 bits per heavy atom. The van der Waals surface area contributed by atoms with Crippen LogP contribution in [-0.4, -0.2) is 18.6 Å². The summed E-state index contributed by atoms with van der Waals surface area (Å²) >= 11 is 0. The van der Waals surface area contributed by atoms with E-state index in [1.165, 1.54) is 0 Å². The molecule has 0 saturated heterocycles. The molecule has 1 aromatic rings. The highest BCUT2D eigenvalue weighted by Gasteiger charge is 1.96. The average Bonchev–Trinajstić information content (AvgIpc) is 2.15. The fraction of sp³-hybridized carbons (Fsp3) is 0.222. The minimum Gasteiger partial charge on any atom is -0.494 e. The van der Waals surface area contributed by atoms with Crippen LogP contribution in [0.3, 0.4) is 0 Å². The van der Waals surface area contributed by atoms with Crippen LogP contribution in [0.1, 0.15) is 5.69 Å². The molecule has 1 rings (SSSR count). The fourth-order valence-electron chi connectivity index (χ4n) is 0.784. The summed E-state index contributed by atoms with van der Waals surface area (Å²) in [4.78, 5) is 4.03. The van der Waals surface area contributed by atoms with Gasteiger partial charge >= 0.3 is 0 Å². The molecule has 0 aliphatic heterocycles. The summed E-state index contributed by atoms with van der Waals surface area (Å²) in [5.41, 5.74) is 5.86. The molecular formula is C9H10N2O. The number of aromatic nitrogens is 1. The molecule has 0 aliphatic carbocycles. The van der Waals surface area contributed by atoms with Gasteiger partial charge in [-0.05, 0) is 18.1 Å². The number of hydrogen-bond acceptors (Lipinski definition) is 3. The van der Waals surface area contributed by atoms with Gasteiger partial charge in [-0.15, -0.1) is 0 Å². The van der Waals surface area contributed by atoms with E-state index in [4.69, 9.17) is 10.5 Å². The van der Waals surface area contributed by atoms with E-state index in [0.29, 0.717) is 18.0 Å². The Bertz CT molecular complexity index is 312. The van der Waals surface area contributed by atoms with E-state index in [0.717, 1.165) is 0 Å². The van der Waals surface area contributed by atoms with E-state index < -0.39 is 0 Å². The standard InChI is InChI=1S/C9H10N2O/c1-12-9-5-3-7-11-8(9)4-2-6-10/h3,5,7H,6,10H2,1H3. The monoisotopic (exact) mass is 162 g/mol. The van der Waals surface area contributed by atoms with Crippen molar-refractivity contribution in [2.75, 3.05) is 13.7 Å². The van der Waals surface area contributed by atoms with Crippen molar-refractivity contribution in [2.24, 2.45) is 5.73 Å². The van der Waals surface area contributed by atoms with Crippen LogP contribution in [0.5, 0.6) is 5.75 Å². The van der Waals surface area contributed by atoms with Crippen LogP contribution in [0, 0.1) is 11.8 Å². The molecule has 0 radical (unpaired) electrons. The number of nitrogens with zero attached hydrogens (tertiary/aromatic N) is 1. The first kappa shape index (κ1) is 8.57. The summed E-state index contributed by atoms with van der Waals surface area (Å²) in [6.45, 7) is 0.333. The molecular weight excluding hydrogens is 152 g/mol. The maximum absolute atomic E-state index is 5.23. The van der Waals surface area contributed by atoms with Crippen molar-refractivity contribution >= 4 is 0 Å². The SMILES string of the molecule is COc1cccnc1C#CCN. The summed E-state index contributed by atoms with van der Waals surface area (Å²) < 4.78 is 5.04. The van der Waals surface area contributed by atoms with Crippen LogP contribution in [0.2, 0.25) is 0 Å². The third-order valence-electron chi connectivity index (χ3n) is 1.30. The van der Waals surface area contributed by atoms with Gasteiger partial charge in [-0.2, -0.15) is 0 Å². The van der Waals surface area contributed by atoms with Crippen LogP contribution in [0.15, 0.2) is 18.3 Å². The van der Waals surface area contributed by atoms with Gasteiger partial charge < -0.3 is 10.5 Å². The maximum Gasteiger partial charge on any atom is 0.155 e. The van der Waals surface area contributed by atoms with Crippen molar-refractivity contribution in [2.45, 2.75) is 0 Å². The highest BCUT2D eigenvalue weighted by molar-refractivity contribution is 5.40. The molecule has 0 aliphatic rings. The molecule has 0 unspecified atom stereocenters. The predicted octanol–water partition coefficient (Wildman–Crippen LogP) is 0.400. The van der Waals surface area contributed by atoms with E-state index in [9.17, 15) is 0 Å². The van der Waals surface area contributed by atoms with Gasteiger partial charge in [0.15, 0.2) is 11.4 Å². The van der Waals surface area contributed by atoms with Crippen LogP contribution in [0.4, 0.5) is 0 Å². The Balaban J connectivity index is 2.97. The van der Waals surface area contributed by atoms with E-state index >= 15 is 0 Å². The highest BCUT2D eigenvalue weighted by atomic mass is 16.5. The largest absolute Gasteiger partial charge is 0.494 e. The summed E-state index contributed by atoms with van der Waals surface area (Å²) in [5, 5.41) is 0. The van der Waals surface area contributed by atoms with E-state index in [-0.39, 0.29) is 0 Å². The highest BCUT2D eigenvalue weighted by Crippen LogP contribution is 2.12. The van der Waals surface area contributed by atoms with Crippen molar-refractivity contribution in [3.05, 3.63) is 24.0 Å².